The molecule has 1 saturated heterocycles. The van der Waals surface area contributed by atoms with Crippen molar-refractivity contribution in [2.75, 3.05) is 19.6 Å². The summed E-state index contributed by atoms with van der Waals surface area (Å²) in [6.45, 7) is 11.0. The number of hydrogen-bond donors (Lipinski definition) is 1. The first-order valence-corrected chi connectivity index (χ1v) is 8.90. The Balaban J connectivity index is 1.76. The first kappa shape index (κ1) is 16.3. The maximum atomic E-state index is 6.59. The van der Waals surface area contributed by atoms with Crippen molar-refractivity contribution >= 4 is 0 Å². The number of rotatable bonds is 3. The SMILES string of the molecule is CC(C)(C)C1CCCN(CCC2(N)CCCCC2)CC1. The van der Waals surface area contributed by atoms with E-state index in [4.69, 9.17) is 5.73 Å². The summed E-state index contributed by atoms with van der Waals surface area (Å²) in [5, 5.41) is 0. The average Bonchev–Trinajstić information content (AvgIpc) is 2.62. The molecule has 20 heavy (non-hydrogen) atoms. The molecule has 1 saturated carbocycles. The van der Waals surface area contributed by atoms with Crippen LogP contribution < -0.4 is 5.73 Å². The zero-order valence-electron chi connectivity index (χ0n) is 14.1. The Labute approximate surface area is 126 Å². The fourth-order valence-electron chi connectivity index (χ4n) is 4.13. The summed E-state index contributed by atoms with van der Waals surface area (Å²) in [6, 6.07) is 0. The molecule has 2 heteroatoms. The van der Waals surface area contributed by atoms with Crippen LogP contribution in [-0.2, 0) is 0 Å². The predicted molar refractivity (Wildman–Crippen MR) is 87.9 cm³/mol. The van der Waals surface area contributed by atoms with Crippen LogP contribution in [0.2, 0.25) is 0 Å². The van der Waals surface area contributed by atoms with E-state index in [1.54, 1.807) is 0 Å². The topological polar surface area (TPSA) is 29.3 Å². The van der Waals surface area contributed by atoms with E-state index in [1.165, 1.54) is 77.4 Å². The lowest BCUT2D eigenvalue weighted by atomic mass is 9.77. The van der Waals surface area contributed by atoms with Gasteiger partial charge in [0.1, 0.15) is 0 Å². The maximum Gasteiger partial charge on any atom is 0.0166 e. The van der Waals surface area contributed by atoms with Crippen molar-refractivity contribution in [2.24, 2.45) is 17.1 Å². The standard InChI is InChI=1S/C18H36N2/c1-17(2,3)16-8-7-13-20(14-9-16)15-12-18(19)10-5-4-6-11-18/h16H,4-15,19H2,1-3H3. The average molecular weight is 280 g/mol. The van der Waals surface area contributed by atoms with Crippen LogP contribution in [0.3, 0.4) is 0 Å². The van der Waals surface area contributed by atoms with Crippen LogP contribution in [0, 0.1) is 11.3 Å². The second-order valence-electron chi connectivity index (χ2n) is 8.51. The van der Waals surface area contributed by atoms with E-state index in [2.05, 4.69) is 25.7 Å². The number of nitrogens with zero attached hydrogens (tertiary/aromatic N) is 1. The molecule has 0 aromatic rings. The molecule has 0 bridgehead atoms. The van der Waals surface area contributed by atoms with Gasteiger partial charge in [0.05, 0.1) is 0 Å². The summed E-state index contributed by atoms with van der Waals surface area (Å²) in [5.74, 6) is 0.897. The molecule has 0 spiro atoms. The minimum Gasteiger partial charge on any atom is -0.325 e. The van der Waals surface area contributed by atoms with Gasteiger partial charge in [-0.3, -0.25) is 0 Å². The Morgan fingerprint density at radius 1 is 1.00 bits per heavy atom. The van der Waals surface area contributed by atoms with Crippen molar-refractivity contribution in [3.8, 4) is 0 Å². The Morgan fingerprint density at radius 3 is 2.35 bits per heavy atom. The molecule has 1 aliphatic carbocycles. The molecule has 1 atom stereocenters. The fraction of sp³-hybridized carbons (Fsp3) is 1.00. The molecule has 2 nitrogen and oxygen atoms in total. The second-order valence-corrected chi connectivity index (χ2v) is 8.51. The molecule has 0 aromatic heterocycles. The Hall–Kier alpha value is -0.0800. The molecular weight excluding hydrogens is 244 g/mol. The van der Waals surface area contributed by atoms with E-state index >= 15 is 0 Å². The third-order valence-corrected chi connectivity index (χ3v) is 5.82. The van der Waals surface area contributed by atoms with Crippen LogP contribution in [-0.4, -0.2) is 30.1 Å². The summed E-state index contributed by atoms with van der Waals surface area (Å²) >= 11 is 0. The van der Waals surface area contributed by atoms with E-state index in [1.807, 2.05) is 0 Å². The normalized spacial score (nSPS) is 29.1. The highest BCUT2D eigenvalue weighted by Crippen LogP contribution is 2.35. The Kier molecular flexibility index (Phi) is 5.53. The van der Waals surface area contributed by atoms with Crippen LogP contribution in [0.15, 0.2) is 0 Å². The number of nitrogens with two attached hydrogens (primary N) is 1. The smallest absolute Gasteiger partial charge is 0.0166 e. The summed E-state index contributed by atoms with van der Waals surface area (Å²) < 4.78 is 0. The lowest BCUT2D eigenvalue weighted by molar-refractivity contribution is 0.193. The zero-order valence-corrected chi connectivity index (χ0v) is 14.1. The van der Waals surface area contributed by atoms with Crippen LogP contribution in [0.5, 0.6) is 0 Å². The second kappa shape index (κ2) is 6.79. The third-order valence-electron chi connectivity index (χ3n) is 5.82. The molecule has 2 N–H and O–H groups in total. The van der Waals surface area contributed by atoms with E-state index in [-0.39, 0.29) is 5.54 Å². The number of hydrogen-bond acceptors (Lipinski definition) is 2. The van der Waals surface area contributed by atoms with Crippen LogP contribution in [0.25, 0.3) is 0 Å². The summed E-state index contributed by atoms with van der Waals surface area (Å²) in [7, 11) is 0. The molecule has 0 amide bonds. The van der Waals surface area contributed by atoms with Gasteiger partial charge < -0.3 is 10.6 Å². The lowest BCUT2D eigenvalue weighted by Crippen LogP contribution is -2.44. The fourth-order valence-corrected chi connectivity index (χ4v) is 4.13. The van der Waals surface area contributed by atoms with Gasteiger partial charge in [-0.1, -0.05) is 40.0 Å². The van der Waals surface area contributed by atoms with Crippen LogP contribution >= 0.6 is 0 Å². The van der Waals surface area contributed by atoms with E-state index in [0.717, 1.165) is 5.92 Å². The van der Waals surface area contributed by atoms with Crippen molar-refractivity contribution < 1.29 is 0 Å². The van der Waals surface area contributed by atoms with E-state index in [9.17, 15) is 0 Å². The Bertz CT molecular complexity index is 286. The Morgan fingerprint density at radius 2 is 1.70 bits per heavy atom. The molecule has 1 heterocycles. The van der Waals surface area contributed by atoms with Crippen molar-refractivity contribution in [3.05, 3.63) is 0 Å². The molecule has 1 unspecified atom stereocenters. The van der Waals surface area contributed by atoms with Crippen molar-refractivity contribution in [1.29, 1.82) is 0 Å². The van der Waals surface area contributed by atoms with Gasteiger partial charge in [0.25, 0.3) is 0 Å². The third kappa shape index (κ3) is 4.73. The van der Waals surface area contributed by atoms with E-state index in [0.29, 0.717) is 5.41 Å². The summed E-state index contributed by atoms with van der Waals surface area (Å²) in [6.07, 6.45) is 12.0. The van der Waals surface area contributed by atoms with Gasteiger partial charge in [-0.25, -0.2) is 0 Å². The van der Waals surface area contributed by atoms with Gasteiger partial charge in [-0.05, 0) is 69.5 Å². The zero-order chi connectivity index (χ0) is 14.6. The highest BCUT2D eigenvalue weighted by Gasteiger charge is 2.30. The monoisotopic (exact) mass is 280 g/mol. The minimum absolute atomic E-state index is 0.161. The lowest BCUT2D eigenvalue weighted by Gasteiger charge is -2.35. The molecule has 2 aliphatic rings. The predicted octanol–water partition coefficient (Wildman–Crippen LogP) is 4.19. The van der Waals surface area contributed by atoms with Gasteiger partial charge in [0, 0.05) is 5.54 Å². The largest absolute Gasteiger partial charge is 0.325 e. The first-order valence-electron chi connectivity index (χ1n) is 8.90. The minimum atomic E-state index is 0.161. The van der Waals surface area contributed by atoms with Gasteiger partial charge in [-0.2, -0.15) is 0 Å². The maximum absolute atomic E-state index is 6.59. The molecule has 2 fully saturated rings. The number of likely N-dealkylation sites (tertiary alicyclic amines) is 1. The molecule has 2 rings (SSSR count). The van der Waals surface area contributed by atoms with Gasteiger partial charge >= 0.3 is 0 Å². The van der Waals surface area contributed by atoms with Crippen LogP contribution in [0.1, 0.15) is 78.6 Å². The summed E-state index contributed by atoms with van der Waals surface area (Å²) in [4.78, 5) is 2.69. The highest BCUT2D eigenvalue weighted by atomic mass is 15.1. The van der Waals surface area contributed by atoms with E-state index < -0.39 is 0 Å². The molecule has 0 aromatic carbocycles. The van der Waals surface area contributed by atoms with Gasteiger partial charge in [-0.15, -0.1) is 0 Å². The van der Waals surface area contributed by atoms with Gasteiger partial charge in [0.15, 0.2) is 0 Å². The quantitative estimate of drug-likeness (QED) is 0.840. The highest BCUT2D eigenvalue weighted by molar-refractivity contribution is 4.88. The molecule has 118 valence electrons. The van der Waals surface area contributed by atoms with Crippen molar-refractivity contribution in [2.45, 2.75) is 84.1 Å². The van der Waals surface area contributed by atoms with Gasteiger partial charge in [0.2, 0.25) is 0 Å². The molecule has 1 aliphatic heterocycles. The van der Waals surface area contributed by atoms with Crippen LogP contribution in [0.4, 0.5) is 0 Å². The van der Waals surface area contributed by atoms with Crippen molar-refractivity contribution in [3.63, 3.8) is 0 Å². The summed E-state index contributed by atoms with van der Waals surface area (Å²) in [5.41, 5.74) is 7.23. The molecular formula is C18H36N2. The van der Waals surface area contributed by atoms with Crippen molar-refractivity contribution in [1.82, 2.24) is 4.90 Å². The molecule has 0 radical (unpaired) electrons. The first-order chi connectivity index (χ1) is 9.39.